The highest BCUT2D eigenvalue weighted by molar-refractivity contribution is 6.09. The molecule has 2 amide bonds. The van der Waals surface area contributed by atoms with Crippen LogP contribution in [0, 0.1) is 0 Å². The molecule has 1 aromatic carbocycles. The lowest BCUT2D eigenvalue weighted by Crippen LogP contribution is -2.32. The lowest BCUT2D eigenvalue weighted by molar-refractivity contribution is -0.274. The Kier molecular flexibility index (Phi) is 7.18. The van der Waals surface area contributed by atoms with Crippen LogP contribution in [0.3, 0.4) is 0 Å². The van der Waals surface area contributed by atoms with Gasteiger partial charge in [-0.25, -0.2) is 9.69 Å². The maximum Gasteiger partial charge on any atom is 0.573 e. The van der Waals surface area contributed by atoms with E-state index in [0.29, 0.717) is 6.07 Å². The Morgan fingerprint density at radius 3 is 2.00 bits per heavy atom. The van der Waals surface area contributed by atoms with E-state index in [0.717, 1.165) is 40.1 Å². The molecule has 0 bridgehead atoms. The Hall–Kier alpha value is -3.85. The minimum atomic E-state index is -4.94. The first-order valence-corrected chi connectivity index (χ1v) is 9.57. The second-order valence-corrected chi connectivity index (χ2v) is 7.12. The standard InChI is InChI=1S/C20H14F9N3O4/c1-11-8-31(12-2-4-13(5-3-12)36-20(27,28)29)17(33)32(11)15-6-14(34-9-18(21,22)23)7-16(30-15)35-10-19(24,25)26/h2-7H,1,8-10H2. The zero-order chi connectivity index (χ0) is 26.9. The van der Waals surface area contributed by atoms with Crippen LogP contribution < -0.4 is 24.0 Å². The Labute approximate surface area is 196 Å². The van der Waals surface area contributed by atoms with Gasteiger partial charge >= 0.3 is 24.7 Å². The molecule has 2 aromatic rings. The number of amides is 2. The summed E-state index contributed by atoms with van der Waals surface area (Å²) in [6.45, 7) is -0.201. The first-order chi connectivity index (χ1) is 16.5. The molecule has 1 saturated heterocycles. The molecule has 36 heavy (non-hydrogen) atoms. The van der Waals surface area contributed by atoms with E-state index in [1.807, 2.05) is 0 Å². The highest BCUT2D eigenvalue weighted by Crippen LogP contribution is 2.34. The van der Waals surface area contributed by atoms with E-state index in [1.165, 1.54) is 0 Å². The van der Waals surface area contributed by atoms with Crippen LogP contribution >= 0.6 is 0 Å². The third kappa shape index (κ3) is 7.32. The minimum absolute atomic E-state index is 0.00198. The van der Waals surface area contributed by atoms with Crippen molar-refractivity contribution >= 4 is 17.5 Å². The van der Waals surface area contributed by atoms with Gasteiger partial charge in [-0.15, -0.1) is 13.2 Å². The number of urea groups is 1. The van der Waals surface area contributed by atoms with Crippen molar-refractivity contribution < 1.29 is 58.5 Å². The van der Waals surface area contributed by atoms with Crippen molar-refractivity contribution in [3.05, 3.63) is 48.7 Å². The van der Waals surface area contributed by atoms with Crippen molar-refractivity contribution in [1.29, 1.82) is 0 Å². The van der Waals surface area contributed by atoms with Gasteiger partial charge < -0.3 is 14.2 Å². The number of carbonyl (C=O) groups is 1. The molecule has 0 spiro atoms. The predicted octanol–water partition coefficient (Wildman–Crippen LogP) is 5.82. The van der Waals surface area contributed by atoms with Gasteiger partial charge in [-0.2, -0.15) is 31.3 Å². The predicted molar refractivity (Wildman–Crippen MR) is 105 cm³/mol. The molecule has 1 aromatic heterocycles. The molecule has 0 N–H and O–H groups in total. The monoisotopic (exact) mass is 531 g/mol. The summed E-state index contributed by atoms with van der Waals surface area (Å²) in [5.74, 6) is -2.39. The fraction of sp³-hybridized carbons (Fsp3) is 0.300. The number of halogens is 9. The number of hydrogen-bond donors (Lipinski definition) is 0. The summed E-state index contributed by atoms with van der Waals surface area (Å²) in [5.41, 5.74) is 0.0917. The van der Waals surface area contributed by atoms with E-state index in [4.69, 9.17) is 0 Å². The zero-order valence-electron chi connectivity index (χ0n) is 17.7. The van der Waals surface area contributed by atoms with E-state index in [9.17, 15) is 44.3 Å². The topological polar surface area (TPSA) is 64.1 Å². The summed E-state index contributed by atoms with van der Waals surface area (Å²) >= 11 is 0. The molecule has 196 valence electrons. The maximum absolute atomic E-state index is 13.0. The lowest BCUT2D eigenvalue weighted by atomic mass is 10.3. The number of carbonyl (C=O) groups excluding carboxylic acids is 1. The van der Waals surface area contributed by atoms with E-state index in [1.54, 1.807) is 0 Å². The van der Waals surface area contributed by atoms with Crippen molar-refractivity contribution in [3.8, 4) is 17.4 Å². The van der Waals surface area contributed by atoms with Crippen molar-refractivity contribution in [2.24, 2.45) is 0 Å². The summed E-state index contributed by atoms with van der Waals surface area (Å²) in [6.07, 6.45) is -14.5. The van der Waals surface area contributed by atoms with Gasteiger partial charge in [0.05, 0.1) is 6.54 Å². The fourth-order valence-electron chi connectivity index (χ4n) is 2.93. The summed E-state index contributed by atoms with van der Waals surface area (Å²) < 4.78 is 125. The zero-order valence-corrected chi connectivity index (χ0v) is 17.7. The number of hydrogen-bond acceptors (Lipinski definition) is 5. The van der Waals surface area contributed by atoms with Crippen molar-refractivity contribution in [3.63, 3.8) is 0 Å². The Balaban J connectivity index is 1.88. The molecular formula is C20H14F9N3O4. The second-order valence-electron chi connectivity index (χ2n) is 7.12. The number of anilines is 2. The molecule has 16 heteroatoms. The third-order valence-corrected chi connectivity index (χ3v) is 4.24. The van der Waals surface area contributed by atoms with Gasteiger partial charge in [0.2, 0.25) is 5.88 Å². The summed E-state index contributed by atoms with van der Waals surface area (Å²) in [7, 11) is 0. The maximum atomic E-state index is 13.0. The van der Waals surface area contributed by atoms with Crippen molar-refractivity contribution in [2.75, 3.05) is 29.6 Å². The van der Waals surface area contributed by atoms with Crippen LogP contribution in [0.2, 0.25) is 0 Å². The molecule has 0 saturated carbocycles. The number of alkyl halides is 9. The summed E-state index contributed by atoms with van der Waals surface area (Å²) in [6, 6.07) is 4.78. The highest BCUT2D eigenvalue weighted by atomic mass is 19.4. The van der Waals surface area contributed by atoms with Gasteiger partial charge in [0.15, 0.2) is 13.2 Å². The molecular weight excluding hydrogens is 517 g/mol. The first kappa shape index (κ1) is 26.7. The van der Waals surface area contributed by atoms with Gasteiger partial charge in [0.1, 0.15) is 17.3 Å². The van der Waals surface area contributed by atoms with Crippen LogP contribution in [0.1, 0.15) is 0 Å². The number of rotatable bonds is 7. The van der Waals surface area contributed by atoms with Crippen LogP contribution in [0.15, 0.2) is 48.7 Å². The van der Waals surface area contributed by atoms with Crippen LogP contribution in [-0.4, -0.2) is 49.5 Å². The number of nitrogens with zero attached hydrogens (tertiary/aromatic N) is 3. The number of ether oxygens (including phenoxy) is 3. The molecule has 1 fully saturated rings. The summed E-state index contributed by atoms with van der Waals surface area (Å²) in [4.78, 5) is 18.5. The van der Waals surface area contributed by atoms with Crippen LogP contribution in [0.5, 0.6) is 17.4 Å². The van der Waals surface area contributed by atoms with Gasteiger partial charge in [-0.05, 0) is 24.3 Å². The van der Waals surface area contributed by atoms with Crippen LogP contribution in [-0.2, 0) is 0 Å². The number of pyridine rings is 1. The van der Waals surface area contributed by atoms with E-state index in [2.05, 4.69) is 25.8 Å². The summed E-state index contributed by atoms with van der Waals surface area (Å²) in [5, 5.41) is 0. The second kappa shape index (κ2) is 9.66. The molecule has 2 heterocycles. The van der Waals surface area contributed by atoms with E-state index < -0.39 is 61.2 Å². The Bertz CT molecular complexity index is 1080. The van der Waals surface area contributed by atoms with Gasteiger partial charge in [0.25, 0.3) is 0 Å². The highest BCUT2D eigenvalue weighted by Gasteiger charge is 2.37. The van der Waals surface area contributed by atoms with Crippen molar-refractivity contribution in [1.82, 2.24) is 4.98 Å². The van der Waals surface area contributed by atoms with Crippen LogP contribution in [0.4, 0.5) is 55.8 Å². The van der Waals surface area contributed by atoms with Crippen LogP contribution in [0.25, 0.3) is 0 Å². The third-order valence-electron chi connectivity index (χ3n) is 4.24. The Morgan fingerprint density at radius 1 is 0.861 bits per heavy atom. The van der Waals surface area contributed by atoms with Crippen molar-refractivity contribution in [2.45, 2.75) is 18.7 Å². The lowest BCUT2D eigenvalue weighted by Gasteiger charge is -2.20. The molecule has 0 radical (unpaired) electrons. The molecule has 7 nitrogen and oxygen atoms in total. The van der Waals surface area contributed by atoms with Gasteiger partial charge in [0, 0.05) is 23.5 Å². The SMILES string of the molecule is C=C1CN(c2ccc(OC(F)(F)F)cc2)C(=O)N1c1cc(OCC(F)(F)F)cc(OCC(F)(F)F)n1. The average molecular weight is 531 g/mol. The van der Waals surface area contributed by atoms with E-state index in [-0.39, 0.29) is 17.9 Å². The smallest absolute Gasteiger partial charge is 0.484 e. The molecule has 0 aliphatic carbocycles. The minimum Gasteiger partial charge on any atom is -0.484 e. The first-order valence-electron chi connectivity index (χ1n) is 9.57. The average Bonchev–Trinajstić information content (AvgIpc) is 3.03. The normalized spacial score (nSPS) is 14.9. The number of aromatic nitrogens is 1. The van der Waals surface area contributed by atoms with Gasteiger partial charge in [-0.3, -0.25) is 4.90 Å². The Morgan fingerprint density at radius 2 is 1.44 bits per heavy atom. The quantitative estimate of drug-likeness (QED) is 0.422. The molecule has 3 rings (SSSR count). The molecule has 1 aliphatic rings. The molecule has 1 aliphatic heterocycles. The largest absolute Gasteiger partial charge is 0.573 e. The fourth-order valence-corrected chi connectivity index (χ4v) is 2.93. The molecule has 0 unspecified atom stereocenters. The number of benzene rings is 1. The van der Waals surface area contributed by atoms with E-state index >= 15 is 0 Å². The molecule has 0 atom stereocenters. The van der Waals surface area contributed by atoms with Gasteiger partial charge in [-0.1, -0.05) is 6.58 Å².